The predicted octanol–water partition coefficient (Wildman–Crippen LogP) is 5.46. The van der Waals surface area contributed by atoms with Crippen LogP contribution in [-0.2, 0) is 6.42 Å². The monoisotopic (exact) mass is 374 g/mol. The molecular formula is C21H14N2OS2. The van der Waals surface area contributed by atoms with Gasteiger partial charge in [-0.15, -0.1) is 22.7 Å². The van der Waals surface area contributed by atoms with Crippen LogP contribution in [0.25, 0.3) is 31.4 Å². The maximum Gasteiger partial charge on any atom is 0.260 e. The molecule has 5 heteroatoms. The van der Waals surface area contributed by atoms with Gasteiger partial charge in [0, 0.05) is 22.2 Å². The van der Waals surface area contributed by atoms with Crippen LogP contribution in [0.15, 0.2) is 70.2 Å². The highest BCUT2D eigenvalue weighted by atomic mass is 32.1. The summed E-state index contributed by atoms with van der Waals surface area (Å²) in [7, 11) is 0. The van der Waals surface area contributed by atoms with Crippen molar-refractivity contribution in [1.29, 1.82) is 0 Å². The summed E-state index contributed by atoms with van der Waals surface area (Å²) >= 11 is 3.17. The molecule has 3 nitrogen and oxygen atoms in total. The zero-order valence-electron chi connectivity index (χ0n) is 13.7. The molecule has 126 valence electrons. The van der Waals surface area contributed by atoms with Gasteiger partial charge >= 0.3 is 0 Å². The first-order chi connectivity index (χ1) is 12.8. The van der Waals surface area contributed by atoms with Crippen molar-refractivity contribution >= 4 is 43.7 Å². The van der Waals surface area contributed by atoms with Gasteiger partial charge in [-0.2, -0.15) is 0 Å². The van der Waals surface area contributed by atoms with Crippen LogP contribution in [0.2, 0.25) is 0 Å². The van der Waals surface area contributed by atoms with Crippen molar-refractivity contribution in [2.75, 3.05) is 0 Å². The molecule has 0 fully saturated rings. The predicted molar refractivity (Wildman–Crippen MR) is 110 cm³/mol. The number of benzene rings is 2. The van der Waals surface area contributed by atoms with Crippen molar-refractivity contribution in [3.8, 4) is 10.4 Å². The topological polar surface area (TPSA) is 45.8 Å². The lowest BCUT2D eigenvalue weighted by Gasteiger charge is -2.06. The Hall–Kier alpha value is -2.76. The molecule has 0 spiro atoms. The number of thiophene rings is 2. The Morgan fingerprint density at radius 3 is 2.73 bits per heavy atom. The summed E-state index contributed by atoms with van der Waals surface area (Å²) in [6.45, 7) is 0. The molecule has 0 unspecified atom stereocenters. The summed E-state index contributed by atoms with van der Waals surface area (Å²) in [4.78, 5) is 22.4. The Morgan fingerprint density at radius 1 is 0.962 bits per heavy atom. The van der Waals surface area contributed by atoms with Crippen LogP contribution in [0.4, 0.5) is 0 Å². The number of aromatic nitrogens is 2. The van der Waals surface area contributed by atoms with Gasteiger partial charge in [-0.25, -0.2) is 4.98 Å². The average Bonchev–Trinajstić information content (AvgIpc) is 3.31. The fourth-order valence-corrected chi connectivity index (χ4v) is 5.10. The number of nitrogens with one attached hydrogen (secondary N) is 1. The van der Waals surface area contributed by atoms with Gasteiger partial charge < -0.3 is 4.98 Å². The van der Waals surface area contributed by atoms with E-state index >= 15 is 0 Å². The number of aromatic amines is 1. The lowest BCUT2D eigenvalue weighted by Crippen LogP contribution is -2.11. The van der Waals surface area contributed by atoms with E-state index in [9.17, 15) is 4.79 Å². The third-order valence-corrected chi connectivity index (χ3v) is 6.29. The molecule has 5 rings (SSSR count). The van der Waals surface area contributed by atoms with E-state index in [1.807, 2.05) is 41.1 Å². The van der Waals surface area contributed by atoms with E-state index in [4.69, 9.17) is 4.98 Å². The van der Waals surface area contributed by atoms with Crippen molar-refractivity contribution in [2.45, 2.75) is 6.42 Å². The Bertz CT molecular complexity index is 1280. The van der Waals surface area contributed by atoms with Crippen LogP contribution in [0, 0.1) is 0 Å². The highest BCUT2D eigenvalue weighted by Crippen LogP contribution is 2.33. The van der Waals surface area contributed by atoms with Gasteiger partial charge in [-0.1, -0.05) is 48.5 Å². The summed E-state index contributed by atoms with van der Waals surface area (Å²) in [5.41, 5.74) is 2.08. The van der Waals surface area contributed by atoms with Crippen LogP contribution in [0.5, 0.6) is 0 Å². The second kappa shape index (κ2) is 6.20. The van der Waals surface area contributed by atoms with Crippen LogP contribution in [-0.4, -0.2) is 9.97 Å². The minimum absolute atomic E-state index is 0.0603. The number of H-pyrrole nitrogens is 1. The molecule has 1 N–H and O–H groups in total. The van der Waals surface area contributed by atoms with Gasteiger partial charge in [-0.05, 0) is 27.8 Å². The normalized spacial score (nSPS) is 11.4. The molecular weight excluding hydrogens is 360 g/mol. The van der Waals surface area contributed by atoms with E-state index in [0.29, 0.717) is 17.6 Å². The van der Waals surface area contributed by atoms with Gasteiger partial charge in [0.25, 0.3) is 5.56 Å². The lowest BCUT2D eigenvalue weighted by atomic mass is 10.0. The smallest absolute Gasteiger partial charge is 0.260 e. The highest BCUT2D eigenvalue weighted by molar-refractivity contribution is 7.18. The molecule has 0 aliphatic heterocycles. The minimum Gasteiger partial charge on any atom is -0.310 e. The molecule has 0 saturated carbocycles. The van der Waals surface area contributed by atoms with Crippen LogP contribution < -0.4 is 5.56 Å². The van der Waals surface area contributed by atoms with Gasteiger partial charge in [-0.3, -0.25) is 4.79 Å². The van der Waals surface area contributed by atoms with E-state index in [1.54, 1.807) is 11.3 Å². The molecule has 5 aromatic rings. The van der Waals surface area contributed by atoms with Crippen molar-refractivity contribution in [2.24, 2.45) is 0 Å². The van der Waals surface area contributed by atoms with E-state index in [0.717, 1.165) is 15.3 Å². The average molecular weight is 374 g/mol. The van der Waals surface area contributed by atoms with E-state index in [-0.39, 0.29) is 5.56 Å². The lowest BCUT2D eigenvalue weighted by molar-refractivity contribution is 0.983. The molecule has 26 heavy (non-hydrogen) atoms. The molecule has 0 radical (unpaired) electrons. The third-order valence-electron chi connectivity index (χ3n) is 4.52. The Kier molecular flexibility index (Phi) is 3.69. The standard InChI is InChI=1S/C21H14N2OS2/c24-20-19-16(17-9-4-10-25-17)12-26-21(19)23-18(22-20)11-14-7-3-6-13-5-1-2-8-15(13)14/h1-10,12H,11H2,(H,22,23,24). The van der Waals surface area contributed by atoms with Crippen LogP contribution in [0.1, 0.15) is 11.4 Å². The number of hydrogen-bond donors (Lipinski definition) is 1. The fourth-order valence-electron chi connectivity index (χ4n) is 3.32. The molecule has 0 aliphatic rings. The molecule has 0 bridgehead atoms. The molecule has 2 aromatic carbocycles. The second-order valence-electron chi connectivity index (χ2n) is 6.13. The second-order valence-corrected chi connectivity index (χ2v) is 7.94. The fraction of sp³-hybridized carbons (Fsp3) is 0.0476. The van der Waals surface area contributed by atoms with Gasteiger partial charge in [0.15, 0.2) is 0 Å². The zero-order chi connectivity index (χ0) is 17.5. The van der Waals surface area contributed by atoms with Crippen LogP contribution in [0.3, 0.4) is 0 Å². The first-order valence-electron chi connectivity index (χ1n) is 8.30. The summed E-state index contributed by atoms with van der Waals surface area (Å²) in [6.07, 6.45) is 0.610. The van der Waals surface area contributed by atoms with Crippen molar-refractivity contribution < 1.29 is 0 Å². The molecule has 3 heterocycles. The first-order valence-corrected chi connectivity index (χ1v) is 10.1. The molecule has 0 atom stereocenters. The Morgan fingerprint density at radius 2 is 1.85 bits per heavy atom. The Labute approximate surface area is 157 Å². The molecule has 0 aliphatic carbocycles. The number of hydrogen-bond acceptors (Lipinski definition) is 4. The van der Waals surface area contributed by atoms with Gasteiger partial charge in [0.2, 0.25) is 0 Å². The quantitative estimate of drug-likeness (QED) is 0.456. The third kappa shape index (κ3) is 2.57. The van der Waals surface area contributed by atoms with E-state index < -0.39 is 0 Å². The van der Waals surface area contributed by atoms with Gasteiger partial charge in [0.05, 0.1) is 5.39 Å². The first kappa shape index (κ1) is 15.5. The Balaban J connectivity index is 1.61. The summed E-state index contributed by atoms with van der Waals surface area (Å²) in [5.74, 6) is 0.707. The maximum absolute atomic E-state index is 12.7. The van der Waals surface area contributed by atoms with E-state index in [2.05, 4.69) is 29.2 Å². The number of rotatable bonds is 3. The van der Waals surface area contributed by atoms with Crippen molar-refractivity contribution in [1.82, 2.24) is 9.97 Å². The van der Waals surface area contributed by atoms with Crippen LogP contribution >= 0.6 is 22.7 Å². The summed E-state index contributed by atoms with van der Waals surface area (Å²) in [6, 6.07) is 18.6. The minimum atomic E-state index is -0.0603. The van der Waals surface area contributed by atoms with Gasteiger partial charge in [0.1, 0.15) is 10.7 Å². The SMILES string of the molecule is O=c1[nH]c(Cc2cccc3ccccc23)nc2scc(-c3cccs3)c12. The highest BCUT2D eigenvalue weighted by Gasteiger charge is 2.14. The number of nitrogens with zero attached hydrogens (tertiary/aromatic N) is 1. The van der Waals surface area contributed by atoms with E-state index in [1.165, 1.54) is 27.7 Å². The maximum atomic E-state index is 12.7. The summed E-state index contributed by atoms with van der Waals surface area (Å²) in [5, 5.41) is 7.14. The largest absolute Gasteiger partial charge is 0.310 e. The van der Waals surface area contributed by atoms with Crippen molar-refractivity contribution in [3.63, 3.8) is 0 Å². The van der Waals surface area contributed by atoms with Crippen molar-refractivity contribution in [3.05, 3.63) is 87.1 Å². The molecule has 0 saturated heterocycles. The molecule has 0 amide bonds. The zero-order valence-corrected chi connectivity index (χ0v) is 15.4. The number of fused-ring (bicyclic) bond motifs is 2. The summed E-state index contributed by atoms with van der Waals surface area (Å²) < 4.78 is 0. The molecule has 3 aromatic heterocycles.